The predicted molar refractivity (Wildman–Crippen MR) is 78.1 cm³/mol. The molecule has 0 saturated heterocycles. The van der Waals surface area contributed by atoms with Gasteiger partial charge < -0.3 is 10.2 Å². The van der Waals surface area contributed by atoms with E-state index in [2.05, 4.69) is 17.2 Å². The fourth-order valence-corrected chi connectivity index (χ4v) is 3.02. The molecule has 1 aromatic heterocycles. The molecule has 1 fully saturated rings. The Hall–Kier alpha value is -1.39. The molecule has 0 aliphatic heterocycles. The third-order valence-corrected chi connectivity index (χ3v) is 4.15. The smallest absolute Gasteiger partial charge is 0.168 e. The average Bonchev–Trinajstić information content (AvgIpc) is 2.42. The lowest BCUT2D eigenvalue weighted by Crippen LogP contribution is -2.40. The third kappa shape index (κ3) is 3.02. The summed E-state index contributed by atoms with van der Waals surface area (Å²) in [5.74, 6) is -0.370. The highest BCUT2D eigenvalue weighted by Crippen LogP contribution is 2.31. The highest BCUT2D eigenvalue weighted by atomic mass is 19.1. The van der Waals surface area contributed by atoms with Crippen LogP contribution in [-0.4, -0.2) is 24.6 Å². The van der Waals surface area contributed by atoms with Gasteiger partial charge in [0.2, 0.25) is 0 Å². The monoisotopic (exact) mass is 283 g/mol. The number of nitrogens with zero attached hydrogens (tertiary/aromatic N) is 2. The summed E-state index contributed by atoms with van der Waals surface area (Å²) < 4.78 is 27.6. The van der Waals surface area contributed by atoms with Crippen LogP contribution < -0.4 is 10.2 Å². The van der Waals surface area contributed by atoms with Crippen molar-refractivity contribution in [1.82, 2.24) is 4.98 Å². The summed E-state index contributed by atoms with van der Waals surface area (Å²) in [7, 11) is 1.85. The zero-order chi connectivity index (χ0) is 14.7. The first-order valence-corrected chi connectivity index (χ1v) is 7.37. The van der Waals surface area contributed by atoms with Crippen LogP contribution in [0.4, 0.5) is 20.4 Å². The van der Waals surface area contributed by atoms with E-state index in [1.165, 1.54) is 6.42 Å². The van der Waals surface area contributed by atoms with Gasteiger partial charge in [-0.25, -0.2) is 13.8 Å². The van der Waals surface area contributed by atoms with Crippen molar-refractivity contribution >= 4 is 11.6 Å². The fourth-order valence-electron chi connectivity index (χ4n) is 3.02. The van der Waals surface area contributed by atoms with Gasteiger partial charge in [-0.3, -0.25) is 0 Å². The van der Waals surface area contributed by atoms with Gasteiger partial charge >= 0.3 is 0 Å². The van der Waals surface area contributed by atoms with Crippen LogP contribution in [0.1, 0.15) is 39.5 Å². The molecule has 20 heavy (non-hydrogen) atoms. The van der Waals surface area contributed by atoms with E-state index in [1.807, 2.05) is 18.9 Å². The van der Waals surface area contributed by atoms with Crippen molar-refractivity contribution < 1.29 is 8.78 Å². The van der Waals surface area contributed by atoms with Crippen molar-refractivity contribution in [3.05, 3.63) is 17.7 Å². The van der Waals surface area contributed by atoms with Crippen molar-refractivity contribution in [3.63, 3.8) is 0 Å². The maximum atomic E-state index is 14.0. The van der Waals surface area contributed by atoms with Crippen LogP contribution in [0.15, 0.2) is 6.07 Å². The summed E-state index contributed by atoms with van der Waals surface area (Å²) in [6.45, 7) is 4.60. The van der Waals surface area contributed by atoms with Crippen LogP contribution in [0.2, 0.25) is 0 Å². The summed E-state index contributed by atoms with van der Waals surface area (Å²) in [6.07, 6.45) is 4.57. The van der Waals surface area contributed by atoms with Crippen molar-refractivity contribution in [2.45, 2.75) is 45.6 Å². The van der Waals surface area contributed by atoms with Crippen molar-refractivity contribution in [2.75, 3.05) is 23.8 Å². The average molecular weight is 283 g/mol. The van der Waals surface area contributed by atoms with E-state index in [-0.39, 0.29) is 17.7 Å². The zero-order valence-electron chi connectivity index (χ0n) is 12.4. The topological polar surface area (TPSA) is 28.2 Å². The van der Waals surface area contributed by atoms with Crippen LogP contribution >= 0.6 is 0 Å². The van der Waals surface area contributed by atoms with Gasteiger partial charge in [-0.05, 0) is 25.7 Å². The standard InChI is InChI=1S/C15H23F2N3/c1-4-18-14-11(16)9-12(17)15(19-14)20(3)13-8-6-5-7-10(13)2/h9-10,13H,4-8H2,1-3H3,(H,18,19). The Balaban J connectivity index is 2.28. The molecule has 0 amide bonds. The molecular weight excluding hydrogens is 260 g/mol. The summed E-state index contributed by atoms with van der Waals surface area (Å²) in [5.41, 5.74) is 0. The lowest BCUT2D eigenvalue weighted by Gasteiger charge is -2.37. The molecule has 1 N–H and O–H groups in total. The van der Waals surface area contributed by atoms with E-state index >= 15 is 0 Å². The van der Waals surface area contributed by atoms with E-state index in [0.29, 0.717) is 12.5 Å². The largest absolute Gasteiger partial charge is 0.368 e. The first kappa shape index (κ1) is 15.0. The van der Waals surface area contributed by atoms with Crippen LogP contribution in [0, 0.1) is 17.6 Å². The highest BCUT2D eigenvalue weighted by Gasteiger charge is 2.28. The number of aromatic nitrogens is 1. The summed E-state index contributed by atoms with van der Waals surface area (Å²) >= 11 is 0. The third-order valence-electron chi connectivity index (χ3n) is 4.15. The van der Waals surface area contributed by atoms with Crippen LogP contribution in [-0.2, 0) is 0 Å². The van der Waals surface area contributed by atoms with Gasteiger partial charge in [0.15, 0.2) is 23.3 Å². The second-order valence-corrected chi connectivity index (χ2v) is 5.59. The highest BCUT2D eigenvalue weighted by molar-refractivity contribution is 5.49. The molecular formula is C15H23F2N3. The Morgan fingerprint density at radius 1 is 1.30 bits per heavy atom. The Morgan fingerprint density at radius 2 is 2.00 bits per heavy atom. The molecule has 2 atom stereocenters. The van der Waals surface area contributed by atoms with Crippen LogP contribution in [0.5, 0.6) is 0 Å². The van der Waals surface area contributed by atoms with E-state index in [0.717, 1.165) is 25.3 Å². The van der Waals surface area contributed by atoms with Crippen LogP contribution in [0.25, 0.3) is 0 Å². The summed E-state index contributed by atoms with van der Waals surface area (Å²) in [6, 6.07) is 1.19. The van der Waals surface area contributed by atoms with Gasteiger partial charge in [0.05, 0.1) is 0 Å². The number of rotatable bonds is 4. The quantitative estimate of drug-likeness (QED) is 0.911. The molecule has 1 aliphatic carbocycles. The number of hydrogen-bond donors (Lipinski definition) is 1. The molecule has 0 aromatic carbocycles. The molecule has 1 saturated carbocycles. The first-order valence-electron chi connectivity index (χ1n) is 7.37. The van der Waals surface area contributed by atoms with Crippen molar-refractivity contribution in [2.24, 2.45) is 5.92 Å². The second-order valence-electron chi connectivity index (χ2n) is 5.59. The number of pyridine rings is 1. The molecule has 1 heterocycles. The Labute approximate surface area is 119 Å². The molecule has 0 spiro atoms. The van der Waals surface area contributed by atoms with E-state index in [4.69, 9.17) is 0 Å². The van der Waals surface area contributed by atoms with Gasteiger partial charge in [-0.1, -0.05) is 19.8 Å². The molecule has 112 valence electrons. The second kappa shape index (κ2) is 6.37. The molecule has 2 rings (SSSR count). The van der Waals surface area contributed by atoms with Gasteiger partial charge in [-0.15, -0.1) is 0 Å². The number of nitrogens with one attached hydrogen (secondary N) is 1. The van der Waals surface area contributed by atoms with Gasteiger partial charge in [0.1, 0.15) is 0 Å². The van der Waals surface area contributed by atoms with Crippen molar-refractivity contribution in [3.8, 4) is 0 Å². The Morgan fingerprint density at radius 3 is 2.65 bits per heavy atom. The SMILES string of the molecule is CCNc1nc(N(C)C2CCCCC2C)c(F)cc1F. The summed E-state index contributed by atoms with van der Waals surface area (Å²) in [5, 5.41) is 2.83. The van der Waals surface area contributed by atoms with E-state index in [9.17, 15) is 8.78 Å². The van der Waals surface area contributed by atoms with Crippen molar-refractivity contribution in [1.29, 1.82) is 0 Å². The fraction of sp³-hybridized carbons (Fsp3) is 0.667. The number of anilines is 2. The normalized spacial score (nSPS) is 22.6. The summed E-state index contributed by atoms with van der Waals surface area (Å²) in [4.78, 5) is 6.01. The number of hydrogen-bond acceptors (Lipinski definition) is 3. The lowest BCUT2D eigenvalue weighted by atomic mass is 9.85. The molecule has 3 nitrogen and oxygen atoms in total. The first-order chi connectivity index (χ1) is 9.54. The zero-order valence-corrected chi connectivity index (χ0v) is 12.4. The minimum atomic E-state index is -0.641. The Bertz CT molecular complexity index is 465. The van der Waals surface area contributed by atoms with Crippen LogP contribution in [0.3, 0.4) is 0 Å². The molecule has 0 bridgehead atoms. The van der Waals surface area contributed by atoms with Gasteiger partial charge in [0.25, 0.3) is 0 Å². The van der Waals surface area contributed by atoms with Gasteiger partial charge in [0, 0.05) is 25.7 Å². The maximum absolute atomic E-state index is 14.0. The number of halogens is 2. The minimum Gasteiger partial charge on any atom is -0.368 e. The molecule has 1 aliphatic rings. The molecule has 1 aromatic rings. The lowest BCUT2D eigenvalue weighted by molar-refractivity contribution is 0.319. The predicted octanol–water partition coefficient (Wildman–Crippen LogP) is 3.81. The van der Waals surface area contributed by atoms with E-state index < -0.39 is 11.6 Å². The maximum Gasteiger partial charge on any atom is 0.168 e. The minimum absolute atomic E-state index is 0.124. The van der Waals surface area contributed by atoms with Gasteiger partial charge in [-0.2, -0.15) is 0 Å². The molecule has 0 radical (unpaired) electrons. The van der Waals surface area contributed by atoms with E-state index in [1.54, 1.807) is 0 Å². The molecule has 2 unspecified atom stereocenters. The molecule has 5 heteroatoms. The Kier molecular flexibility index (Phi) is 4.78.